The number of halogens is 3. The first-order valence-corrected chi connectivity index (χ1v) is 7.45. The summed E-state index contributed by atoms with van der Waals surface area (Å²) in [5.74, 6) is -3.21. The molecule has 0 aliphatic carbocycles. The smallest absolute Gasteiger partial charge is 0.400 e. The summed E-state index contributed by atoms with van der Waals surface area (Å²) in [6, 6.07) is 0. The Morgan fingerprint density at radius 2 is 2.00 bits per heavy atom. The van der Waals surface area contributed by atoms with Gasteiger partial charge in [-0.25, -0.2) is 8.42 Å². The van der Waals surface area contributed by atoms with E-state index in [1.54, 1.807) is 0 Å². The van der Waals surface area contributed by atoms with Crippen molar-refractivity contribution in [1.29, 1.82) is 0 Å². The zero-order chi connectivity index (χ0) is 14.7. The minimum Gasteiger partial charge on any atom is -0.409 e. The molecule has 1 fully saturated rings. The molecule has 0 aromatic heterocycles. The summed E-state index contributed by atoms with van der Waals surface area (Å²) in [4.78, 5) is 1.38. The molecule has 0 aromatic rings. The average Bonchev–Trinajstić information content (AvgIpc) is 2.45. The standard InChI is InChI=1S/C9H16F3N3O3S/c10-9(11,12)7(8(13)14-16)6-15-2-1-4-19(17,18)5-3-15/h7,16H,1-6H2,(H2,13,14). The van der Waals surface area contributed by atoms with Gasteiger partial charge in [0, 0.05) is 13.1 Å². The summed E-state index contributed by atoms with van der Waals surface area (Å²) in [6.45, 7) is -0.243. The van der Waals surface area contributed by atoms with E-state index >= 15 is 0 Å². The molecule has 3 N–H and O–H groups in total. The van der Waals surface area contributed by atoms with Gasteiger partial charge in [0.15, 0.2) is 15.7 Å². The second kappa shape index (κ2) is 5.95. The summed E-state index contributed by atoms with van der Waals surface area (Å²) >= 11 is 0. The van der Waals surface area contributed by atoms with Crippen LogP contribution < -0.4 is 5.73 Å². The lowest BCUT2D eigenvalue weighted by Gasteiger charge is -2.26. The predicted molar refractivity (Wildman–Crippen MR) is 62.7 cm³/mol. The van der Waals surface area contributed by atoms with Crippen molar-refractivity contribution in [3.05, 3.63) is 0 Å². The third-order valence-electron chi connectivity index (χ3n) is 2.96. The largest absolute Gasteiger partial charge is 0.409 e. The van der Waals surface area contributed by atoms with Crippen molar-refractivity contribution in [2.75, 3.05) is 31.1 Å². The van der Waals surface area contributed by atoms with Crippen LogP contribution in [0.1, 0.15) is 6.42 Å². The molecule has 19 heavy (non-hydrogen) atoms. The second-order valence-electron chi connectivity index (χ2n) is 4.43. The van der Waals surface area contributed by atoms with Crippen molar-refractivity contribution in [2.45, 2.75) is 12.6 Å². The van der Waals surface area contributed by atoms with Gasteiger partial charge < -0.3 is 15.8 Å². The monoisotopic (exact) mass is 303 g/mol. The summed E-state index contributed by atoms with van der Waals surface area (Å²) < 4.78 is 61.0. The molecule has 10 heteroatoms. The normalized spacial score (nSPS) is 23.8. The Balaban J connectivity index is 2.75. The van der Waals surface area contributed by atoms with Crippen molar-refractivity contribution in [2.24, 2.45) is 16.8 Å². The van der Waals surface area contributed by atoms with E-state index in [0.29, 0.717) is 0 Å². The van der Waals surface area contributed by atoms with E-state index in [2.05, 4.69) is 5.16 Å². The first-order valence-electron chi connectivity index (χ1n) is 5.62. The zero-order valence-electron chi connectivity index (χ0n) is 10.1. The molecule has 0 spiro atoms. The molecular weight excluding hydrogens is 287 g/mol. The number of nitrogens with zero attached hydrogens (tertiary/aromatic N) is 2. The average molecular weight is 303 g/mol. The molecule has 1 rings (SSSR count). The topological polar surface area (TPSA) is 96.0 Å². The molecular formula is C9H16F3N3O3S. The first kappa shape index (κ1) is 16.0. The van der Waals surface area contributed by atoms with E-state index in [0.717, 1.165) is 0 Å². The lowest BCUT2D eigenvalue weighted by atomic mass is 10.1. The van der Waals surface area contributed by atoms with E-state index in [9.17, 15) is 21.6 Å². The molecule has 0 radical (unpaired) electrons. The van der Waals surface area contributed by atoms with E-state index < -0.39 is 34.3 Å². The van der Waals surface area contributed by atoms with Crippen molar-refractivity contribution < 1.29 is 26.8 Å². The molecule has 0 saturated carbocycles. The third-order valence-corrected chi connectivity index (χ3v) is 4.67. The lowest BCUT2D eigenvalue weighted by molar-refractivity contribution is -0.160. The van der Waals surface area contributed by atoms with Crippen LogP contribution in [-0.4, -0.2) is 61.7 Å². The van der Waals surface area contributed by atoms with Crippen LogP contribution >= 0.6 is 0 Å². The van der Waals surface area contributed by atoms with Crippen LogP contribution in [0.2, 0.25) is 0 Å². The van der Waals surface area contributed by atoms with Gasteiger partial charge in [0.05, 0.1) is 11.5 Å². The fourth-order valence-electron chi connectivity index (χ4n) is 1.87. The van der Waals surface area contributed by atoms with E-state index in [1.165, 1.54) is 4.90 Å². The van der Waals surface area contributed by atoms with Crippen LogP contribution in [-0.2, 0) is 9.84 Å². The van der Waals surface area contributed by atoms with Gasteiger partial charge in [-0.3, -0.25) is 0 Å². The third kappa shape index (κ3) is 4.86. The van der Waals surface area contributed by atoms with Crippen LogP contribution in [0.4, 0.5) is 13.2 Å². The van der Waals surface area contributed by atoms with Crippen molar-refractivity contribution in [3.63, 3.8) is 0 Å². The molecule has 0 aromatic carbocycles. The number of amidine groups is 1. The maximum Gasteiger partial charge on any atom is 0.400 e. The Morgan fingerprint density at radius 3 is 2.53 bits per heavy atom. The number of hydrogen-bond acceptors (Lipinski definition) is 5. The molecule has 1 saturated heterocycles. The molecule has 0 bridgehead atoms. The van der Waals surface area contributed by atoms with Gasteiger partial charge in [0.2, 0.25) is 0 Å². The highest BCUT2D eigenvalue weighted by molar-refractivity contribution is 7.91. The van der Waals surface area contributed by atoms with Gasteiger partial charge in [0.25, 0.3) is 0 Å². The highest BCUT2D eigenvalue weighted by Crippen LogP contribution is 2.27. The quantitative estimate of drug-likeness (QED) is 0.332. The number of oxime groups is 1. The Morgan fingerprint density at radius 1 is 1.37 bits per heavy atom. The Hall–Kier alpha value is -1.03. The highest BCUT2D eigenvalue weighted by atomic mass is 32.2. The van der Waals surface area contributed by atoms with Crippen molar-refractivity contribution >= 4 is 15.7 Å². The van der Waals surface area contributed by atoms with E-state index in [4.69, 9.17) is 10.9 Å². The number of nitrogens with two attached hydrogens (primary N) is 1. The number of alkyl halides is 3. The van der Waals surface area contributed by atoms with Crippen LogP contribution in [0, 0.1) is 5.92 Å². The van der Waals surface area contributed by atoms with Gasteiger partial charge in [-0.2, -0.15) is 13.2 Å². The van der Waals surface area contributed by atoms with Gasteiger partial charge in [-0.1, -0.05) is 5.16 Å². The van der Waals surface area contributed by atoms with E-state index in [1.807, 2.05) is 0 Å². The van der Waals surface area contributed by atoms with Crippen molar-refractivity contribution in [3.8, 4) is 0 Å². The maximum atomic E-state index is 12.7. The second-order valence-corrected chi connectivity index (χ2v) is 6.73. The first-order chi connectivity index (χ1) is 8.65. The van der Waals surface area contributed by atoms with Gasteiger partial charge in [0.1, 0.15) is 5.92 Å². The molecule has 6 nitrogen and oxygen atoms in total. The fraction of sp³-hybridized carbons (Fsp3) is 0.889. The highest BCUT2D eigenvalue weighted by Gasteiger charge is 2.43. The summed E-state index contributed by atoms with van der Waals surface area (Å²) in [5, 5.41) is 10.8. The van der Waals surface area contributed by atoms with Crippen LogP contribution in [0.3, 0.4) is 0 Å². The molecule has 1 aliphatic heterocycles. The number of hydrogen-bond donors (Lipinski definition) is 2. The predicted octanol–water partition coefficient (Wildman–Crippen LogP) is 0.0318. The van der Waals surface area contributed by atoms with Crippen LogP contribution in [0.25, 0.3) is 0 Å². The van der Waals surface area contributed by atoms with E-state index in [-0.39, 0.29) is 31.0 Å². The summed E-state index contributed by atoms with van der Waals surface area (Å²) in [7, 11) is -3.18. The van der Waals surface area contributed by atoms with Gasteiger partial charge >= 0.3 is 6.18 Å². The molecule has 1 unspecified atom stereocenters. The Kier molecular flexibility index (Phi) is 5.02. The lowest BCUT2D eigenvalue weighted by Crippen LogP contribution is -2.45. The Bertz CT molecular complexity index is 436. The van der Waals surface area contributed by atoms with Crippen LogP contribution in [0.5, 0.6) is 0 Å². The summed E-state index contributed by atoms with van der Waals surface area (Å²) in [6.07, 6.45) is -4.36. The molecule has 1 heterocycles. The molecule has 1 aliphatic rings. The van der Waals surface area contributed by atoms with Gasteiger partial charge in [-0.05, 0) is 13.0 Å². The summed E-state index contributed by atoms with van der Waals surface area (Å²) in [5.41, 5.74) is 5.05. The number of sulfone groups is 1. The van der Waals surface area contributed by atoms with Crippen molar-refractivity contribution in [1.82, 2.24) is 4.90 Å². The SMILES string of the molecule is NC(=NO)C(CN1CCCS(=O)(=O)CC1)C(F)(F)F. The maximum absolute atomic E-state index is 12.7. The number of rotatable bonds is 3. The molecule has 112 valence electrons. The van der Waals surface area contributed by atoms with Crippen LogP contribution in [0.15, 0.2) is 5.16 Å². The van der Waals surface area contributed by atoms with Gasteiger partial charge in [-0.15, -0.1) is 0 Å². The fourth-order valence-corrected chi connectivity index (χ4v) is 3.17. The minimum atomic E-state index is -4.64. The molecule has 1 atom stereocenters. The minimum absolute atomic E-state index is 0.0215. The molecule has 0 amide bonds. The zero-order valence-corrected chi connectivity index (χ0v) is 10.9. The Labute approximate surface area is 109 Å².